The summed E-state index contributed by atoms with van der Waals surface area (Å²) in [6, 6.07) is 49.4. The molecule has 49 heavy (non-hydrogen) atoms. The SMILES string of the molecule is c1ccc(-c2ccc(-c3nc(-n4c5ccccc5c5c6sc7ncccc7c6c6sc7ccccc7c6c54)nc4ccccc34)cc2)cc1. The average molecular weight is 661 g/mol. The van der Waals surface area contributed by atoms with Gasteiger partial charge < -0.3 is 0 Å². The summed E-state index contributed by atoms with van der Waals surface area (Å²) in [5.41, 5.74) is 7.51. The number of rotatable bonds is 3. The number of aromatic nitrogens is 4. The molecule has 0 saturated carbocycles. The Bertz CT molecular complexity index is 3070. The second kappa shape index (κ2) is 10.3. The molecule has 5 heterocycles. The van der Waals surface area contributed by atoms with E-state index < -0.39 is 0 Å². The van der Waals surface area contributed by atoms with E-state index in [2.05, 4.69) is 144 Å². The number of thiophene rings is 2. The molecule has 11 rings (SSSR count). The van der Waals surface area contributed by atoms with Crippen molar-refractivity contribution in [2.75, 3.05) is 0 Å². The number of nitrogens with zero attached hydrogens (tertiary/aromatic N) is 4. The van der Waals surface area contributed by atoms with Crippen LogP contribution in [0.2, 0.25) is 0 Å². The quantitative estimate of drug-likeness (QED) is 0.189. The van der Waals surface area contributed by atoms with E-state index in [1.165, 1.54) is 57.5 Å². The molecule has 0 amide bonds. The molecule has 0 aliphatic rings. The first-order valence-corrected chi connectivity index (χ1v) is 17.9. The predicted molar refractivity (Wildman–Crippen MR) is 208 cm³/mol. The van der Waals surface area contributed by atoms with Gasteiger partial charge in [0.25, 0.3) is 0 Å². The largest absolute Gasteiger partial charge is 0.277 e. The van der Waals surface area contributed by atoms with Crippen molar-refractivity contribution in [3.8, 4) is 28.3 Å². The Morgan fingerprint density at radius 3 is 2.00 bits per heavy atom. The van der Waals surface area contributed by atoms with Gasteiger partial charge in [0.15, 0.2) is 0 Å². The smallest absolute Gasteiger partial charge is 0.235 e. The van der Waals surface area contributed by atoms with E-state index in [0.717, 1.165) is 38.0 Å². The molecule has 0 aliphatic heterocycles. The van der Waals surface area contributed by atoms with Crippen molar-refractivity contribution in [3.63, 3.8) is 0 Å². The molecule has 0 bridgehead atoms. The van der Waals surface area contributed by atoms with Crippen LogP contribution in [0.1, 0.15) is 0 Å². The molecule has 6 heteroatoms. The molecule has 0 spiro atoms. The molecule has 0 saturated heterocycles. The van der Waals surface area contributed by atoms with Gasteiger partial charge in [-0.15, -0.1) is 22.7 Å². The highest BCUT2D eigenvalue weighted by Crippen LogP contribution is 2.51. The van der Waals surface area contributed by atoms with Crippen LogP contribution in [0.4, 0.5) is 0 Å². The molecule has 0 atom stereocenters. The van der Waals surface area contributed by atoms with Gasteiger partial charge in [-0.3, -0.25) is 4.57 Å². The molecule has 6 aromatic carbocycles. The van der Waals surface area contributed by atoms with Gasteiger partial charge in [-0.05, 0) is 41.5 Å². The number of benzene rings is 6. The Morgan fingerprint density at radius 2 is 1.12 bits per heavy atom. The standard InChI is InChI=1S/C43H24N4S2/c1-2-11-25(12-3-1)26-20-22-27(23-21-26)38-28-13-4-7-17-32(28)45-43(46-38)47-33-18-8-5-14-29(33)35-39(47)36-30-15-6-9-19-34(30)48-40(36)37-31-16-10-24-44-42(31)49-41(35)37/h1-24H. The van der Waals surface area contributed by atoms with Crippen molar-refractivity contribution in [2.45, 2.75) is 0 Å². The third-order valence-electron chi connectivity index (χ3n) is 9.68. The normalized spacial score (nSPS) is 12.1. The van der Waals surface area contributed by atoms with Crippen LogP contribution in [-0.2, 0) is 0 Å². The molecule has 0 aliphatic carbocycles. The zero-order valence-electron chi connectivity index (χ0n) is 26.0. The van der Waals surface area contributed by atoms with Gasteiger partial charge in [0.05, 0.1) is 22.2 Å². The summed E-state index contributed by atoms with van der Waals surface area (Å²) in [4.78, 5) is 16.7. The molecule has 0 radical (unpaired) electrons. The minimum atomic E-state index is 0.669. The Balaban J connectivity index is 1.29. The fourth-order valence-electron chi connectivity index (χ4n) is 7.54. The van der Waals surface area contributed by atoms with E-state index >= 15 is 0 Å². The van der Waals surface area contributed by atoms with Crippen LogP contribution in [0.15, 0.2) is 146 Å². The molecular weight excluding hydrogens is 637 g/mol. The summed E-state index contributed by atoms with van der Waals surface area (Å²) in [5, 5.41) is 8.45. The summed E-state index contributed by atoms with van der Waals surface area (Å²) in [6.45, 7) is 0. The maximum Gasteiger partial charge on any atom is 0.235 e. The molecule has 228 valence electrons. The van der Waals surface area contributed by atoms with E-state index in [-0.39, 0.29) is 0 Å². The van der Waals surface area contributed by atoms with Crippen LogP contribution < -0.4 is 0 Å². The Labute approximate surface area is 288 Å². The molecule has 5 aromatic heterocycles. The van der Waals surface area contributed by atoms with E-state index in [1.807, 2.05) is 17.5 Å². The van der Waals surface area contributed by atoms with Crippen molar-refractivity contribution in [2.24, 2.45) is 0 Å². The van der Waals surface area contributed by atoms with Gasteiger partial charge in [-0.1, -0.05) is 109 Å². The van der Waals surface area contributed by atoms with Crippen molar-refractivity contribution in [3.05, 3.63) is 146 Å². The zero-order chi connectivity index (χ0) is 32.1. The summed E-state index contributed by atoms with van der Waals surface area (Å²) < 4.78 is 6.13. The van der Waals surface area contributed by atoms with Crippen LogP contribution >= 0.6 is 22.7 Å². The number of fused-ring (bicyclic) bond motifs is 13. The lowest BCUT2D eigenvalue weighted by molar-refractivity contribution is 1.02. The number of pyridine rings is 1. The molecule has 4 nitrogen and oxygen atoms in total. The highest BCUT2D eigenvalue weighted by molar-refractivity contribution is 7.30. The predicted octanol–water partition coefficient (Wildman–Crippen LogP) is 12.2. The van der Waals surface area contributed by atoms with E-state index in [0.29, 0.717) is 5.95 Å². The van der Waals surface area contributed by atoms with Gasteiger partial charge >= 0.3 is 0 Å². The van der Waals surface area contributed by atoms with Crippen molar-refractivity contribution in [1.29, 1.82) is 0 Å². The topological polar surface area (TPSA) is 43.6 Å². The first kappa shape index (κ1) is 27.0. The monoisotopic (exact) mass is 660 g/mol. The zero-order valence-corrected chi connectivity index (χ0v) is 27.6. The molecule has 0 fully saturated rings. The average Bonchev–Trinajstić information content (AvgIpc) is 3.84. The number of hydrogen-bond donors (Lipinski definition) is 0. The second-order valence-electron chi connectivity index (χ2n) is 12.4. The summed E-state index contributed by atoms with van der Waals surface area (Å²) in [5.74, 6) is 0.669. The van der Waals surface area contributed by atoms with Gasteiger partial charge in [0.1, 0.15) is 4.83 Å². The Morgan fingerprint density at radius 1 is 0.469 bits per heavy atom. The third-order valence-corrected chi connectivity index (χ3v) is 12.0. The van der Waals surface area contributed by atoms with Crippen molar-refractivity contribution in [1.82, 2.24) is 19.5 Å². The summed E-state index contributed by atoms with van der Waals surface area (Å²) >= 11 is 3.65. The van der Waals surface area contributed by atoms with Gasteiger partial charge in [0.2, 0.25) is 5.95 Å². The highest BCUT2D eigenvalue weighted by Gasteiger charge is 2.26. The van der Waals surface area contributed by atoms with Gasteiger partial charge in [-0.25, -0.2) is 15.0 Å². The fraction of sp³-hybridized carbons (Fsp3) is 0. The summed E-state index contributed by atoms with van der Waals surface area (Å²) in [6.07, 6.45) is 1.90. The van der Waals surface area contributed by atoms with E-state index in [9.17, 15) is 0 Å². The van der Waals surface area contributed by atoms with Gasteiger partial charge in [-0.2, -0.15) is 0 Å². The minimum Gasteiger partial charge on any atom is -0.277 e. The van der Waals surface area contributed by atoms with Crippen molar-refractivity contribution < 1.29 is 0 Å². The van der Waals surface area contributed by atoms with Crippen LogP contribution in [0.25, 0.3) is 102 Å². The molecule has 0 N–H and O–H groups in total. The lowest BCUT2D eigenvalue weighted by Crippen LogP contribution is -2.03. The highest BCUT2D eigenvalue weighted by atomic mass is 32.1. The first-order chi connectivity index (χ1) is 24.3. The Kier molecular flexibility index (Phi) is 5.67. The minimum absolute atomic E-state index is 0.669. The number of para-hydroxylation sites is 2. The number of hydrogen-bond acceptors (Lipinski definition) is 5. The third kappa shape index (κ3) is 3.87. The van der Waals surface area contributed by atoms with Crippen LogP contribution in [0.3, 0.4) is 0 Å². The lowest BCUT2D eigenvalue weighted by Gasteiger charge is -2.13. The van der Waals surface area contributed by atoms with Crippen molar-refractivity contribution >= 4 is 95.9 Å². The maximum atomic E-state index is 5.46. The Hall–Kier alpha value is -5.95. The molecule has 11 aromatic rings. The van der Waals surface area contributed by atoms with Crippen LogP contribution in [0, 0.1) is 0 Å². The van der Waals surface area contributed by atoms with Crippen LogP contribution in [-0.4, -0.2) is 19.5 Å². The maximum absolute atomic E-state index is 5.46. The van der Waals surface area contributed by atoms with E-state index in [1.54, 1.807) is 11.3 Å². The molecular formula is C43H24N4S2. The molecule has 0 unspecified atom stereocenters. The lowest BCUT2D eigenvalue weighted by atomic mass is 10.0. The van der Waals surface area contributed by atoms with Crippen LogP contribution in [0.5, 0.6) is 0 Å². The first-order valence-electron chi connectivity index (χ1n) is 16.3. The summed E-state index contributed by atoms with van der Waals surface area (Å²) in [7, 11) is 0. The second-order valence-corrected chi connectivity index (χ2v) is 14.4. The fourth-order valence-corrected chi connectivity index (χ4v) is 10.1. The van der Waals surface area contributed by atoms with E-state index in [4.69, 9.17) is 15.0 Å². The van der Waals surface area contributed by atoms with Gasteiger partial charge in [0, 0.05) is 63.6 Å².